The zero-order valence-electron chi connectivity index (χ0n) is 17.8. The highest BCUT2D eigenvalue weighted by Crippen LogP contribution is 2.27. The van der Waals surface area contributed by atoms with Crippen molar-refractivity contribution in [1.29, 1.82) is 0 Å². The maximum atomic E-state index is 13.0. The number of pyridine rings is 1. The number of aromatic nitrogens is 1. The number of carbonyl (C=O) groups excluding carboxylic acids is 1. The molecule has 33 heavy (non-hydrogen) atoms. The highest BCUT2D eigenvalue weighted by Gasteiger charge is 2.15. The predicted octanol–water partition coefficient (Wildman–Crippen LogP) is 4.97. The van der Waals surface area contributed by atoms with Crippen molar-refractivity contribution < 1.29 is 14.5 Å². The number of hydrazone groups is 1. The van der Waals surface area contributed by atoms with E-state index in [9.17, 15) is 14.9 Å². The minimum atomic E-state index is -0.498. The van der Waals surface area contributed by atoms with Gasteiger partial charge in [-0.15, -0.1) is 0 Å². The van der Waals surface area contributed by atoms with Crippen molar-refractivity contribution in [3.8, 4) is 17.0 Å². The quantitative estimate of drug-likeness (QED) is 0.248. The largest absolute Gasteiger partial charge is 0.494 e. The average Bonchev–Trinajstić information content (AvgIpc) is 2.84. The molecule has 0 unspecified atom stereocenters. The van der Waals surface area contributed by atoms with Crippen LogP contribution in [0.5, 0.6) is 5.75 Å². The fraction of sp³-hybridized carbons (Fsp3) is 0.0800. The number of para-hydroxylation sites is 2. The number of fused-ring (bicyclic) bond motifs is 1. The Balaban J connectivity index is 1.68. The Morgan fingerprint density at radius 2 is 1.88 bits per heavy atom. The van der Waals surface area contributed by atoms with Crippen LogP contribution in [0.2, 0.25) is 0 Å². The van der Waals surface area contributed by atoms with E-state index in [1.165, 1.54) is 12.3 Å². The molecule has 164 valence electrons. The van der Waals surface area contributed by atoms with Crippen LogP contribution < -0.4 is 10.2 Å². The van der Waals surface area contributed by atoms with Crippen molar-refractivity contribution in [2.45, 2.75) is 6.92 Å². The third-order valence-corrected chi connectivity index (χ3v) is 4.90. The standard InChI is InChI=1S/C25H20N4O4/c1-2-33-19-10-7-9-17(14-19)23-15-21(20-11-4-5-12-22(20)27-23)25(30)28-26-16-18-8-3-6-13-24(18)29(31)32/h3-16H,2H2,1H3,(H,28,30). The van der Waals surface area contributed by atoms with Gasteiger partial charge < -0.3 is 4.74 Å². The van der Waals surface area contributed by atoms with Crippen LogP contribution >= 0.6 is 0 Å². The van der Waals surface area contributed by atoms with E-state index in [-0.39, 0.29) is 11.3 Å². The fourth-order valence-corrected chi connectivity index (χ4v) is 3.41. The number of nitro groups is 1. The second kappa shape index (κ2) is 9.69. The van der Waals surface area contributed by atoms with E-state index in [4.69, 9.17) is 9.72 Å². The molecular formula is C25H20N4O4. The molecule has 1 amide bonds. The van der Waals surface area contributed by atoms with Crippen molar-refractivity contribution in [1.82, 2.24) is 10.4 Å². The molecule has 0 aliphatic heterocycles. The lowest BCUT2D eigenvalue weighted by Crippen LogP contribution is -2.18. The molecular weight excluding hydrogens is 420 g/mol. The van der Waals surface area contributed by atoms with E-state index in [2.05, 4.69) is 10.5 Å². The smallest absolute Gasteiger partial charge is 0.278 e. The van der Waals surface area contributed by atoms with E-state index in [0.717, 1.165) is 5.56 Å². The number of hydrogen-bond donors (Lipinski definition) is 1. The lowest BCUT2D eigenvalue weighted by molar-refractivity contribution is -0.385. The summed E-state index contributed by atoms with van der Waals surface area (Å²) in [5.74, 6) is 0.260. The Labute approximate surface area is 189 Å². The first-order valence-corrected chi connectivity index (χ1v) is 10.3. The molecule has 0 saturated carbocycles. The van der Waals surface area contributed by atoms with Gasteiger partial charge in [0.2, 0.25) is 0 Å². The number of hydrogen-bond acceptors (Lipinski definition) is 6. The molecule has 1 aromatic heterocycles. The molecule has 3 aromatic carbocycles. The van der Waals surface area contributed by atoms with E-state index in [0.29, 0.717) is 34.5 Å². The van der Waals surface area contributed by atoms with Gasteiger partial charge >= 0.3 is 0 Å². The number of carbonyl (C=O) groups is 1. The Morgan fingerprint density at radius 3 is 2.70 bits per heavy atom. The maximum Gasteiger partial charge on any atom is 0.278 e. The van der Waals surface area contributed by atoms with E-state index >= 15 is 0 Å². The van der Waals surface area contributed by atoms with Crippen molar-refractivity contribution in [3.05, 3.63) is 100 Å². The average molecular weight is 440 g/mol. The maximum absolute atomic E-state index is 13.0. The molecule has 0 aliphatic rings. The summed E-state index contributed by atoms with van der Waals surface area (Å²) in [5.41, 5.74) is 5.13. The van der Waals surface area contributed by atoms with Crippen LogP contribution in [0.25, 0.3) is 22.2 Å². The molecule has 0 fully saturated rings. The van der Waals surface area contributed by atoms with Gasteiger partial charge in [-0.25, -0.2) is 10.4 Å². The number of ether oxygens (including phenoxy) is 1. The van der Waals surface area contributed by atoms with Gasteiger partial charge in [0.05, 0.1) is 40.1 Å². The second-order valence-electron chi connectivity index (χ2n) is 7.05. The molecule has 8 nitrogen and oxygen atoms in total. The molecule has 0 bridgehead atoms. The number of nitrogens with zero attached hydrogens (tertiary/aromatic N) is 3. The van der Waals surface area contributed by atoms with E-state index < -0.39 is 10.8 Å². The Bertz CT molecular complexity index is 1370. The van der Waals surface area contributed by atoms with Crippen molar-refractivity contribution in [2.24, 2.45) is 5.10 Å². The number of nitrogens with one attached hydrogen (secondary N) is 1. The molecule has 0 atom stereocenters. The van der Waals surface area contributed by atoms with Crippen molar-refractivity contribution in [2.75, 3.05) is 6.61 Å². The molecule has 0 radical (unpaired) electrons. The molecule has 8 heteroatoms. The summed E-state index contributed by atoms with van der Waals surface area (Å²) < 4.78 is 5.58. The van der Waals surface area contributed by atoms with Crippen molar-refractivity contribution >= 4 is 28.7 Å². The number of nitro benzene ring substituents is 1. The van der Waals surface area contributed by atoms with Crippen LogP contribution in [-0.2, 0) is 0 Å². The van der Waals surface area contributed by atoms with Gasteiger partial charge in [-0.3, -0.25) is 14.9 Å². The predicted molar refractivity (Wildman–Crippen MR) is 127 cm³/mol. The zero-order valence-corrected chi connectivity index (χ0v) is 17.8. The zero-order chi connectivity index (χ0) is 23.2. The summed E-state index contributed by atoms with van der Waals surface area (Å²) in [7, 11) is 0. The van der Waals surface area contributed by atoms with Gasteiger partial charge in [-0.2, -0.15) is 5.10 Å². The highest BCUT2D eigenvalue weighted by atomic mass is 16.6. The van der Waals surface area contributed by atoms with E-state index in [1.54, 1.807) is 24.3 Å². The molecule has 4 rings (SSSR count). The van der Waals surface area contributed by atoms with Gasteiger partial charge in [0.15, 0.2) is 0 Å². The van der Waals surface area contributed by atoms with Gasteiger partial charge in [0, 0.05) is 17.0 Å². The minimum absolute atomic E-state index is 0.0960. The summed E-state index contributed by atoms with van der Waals surface area (Å²) >= 11 is 0. The summed E-state index contributed by atoms with van der Waals surface area (Å²) in [5, 5.41) is 15.8. The summed E-state index contributed by atoms with van der Waals surface area (Å²) in [6.45, 7) is 2.45. The third kappa shape index (κ3) is 4.85. The topological polar surface area (TPSA) is 107 Å². The Kier molecular flexibility index (Phi) is 6.36. The van der Waals surface area contributed by atoms with Gasteiger partial charge in [0.25, 0.3) is 11.6 Å². The fourth-order valence-electron chi connectivity index (χ4n) is 3.41. The second-order valence-corrected chi connectivity index (χ2v) is 7.05. The lowest BCUT2D eigenvalue weighted by Gasteiger charge is -2.10. The number of amides is 1. The lowest BCUT2D eigenvalue weighted by atomic mass is 10.0. The summed E-state index contributed by atoms with van der Waals surface area (Å²) in [6.07, 6.45) is 1.26. The van der Waals surface area contributed by atoms with E-state index in [1.807, 2.05) is 55.5 Å². The molecule has 0 saturated heterocycles. The van der Waals surface area contributed by atoms with Crippen LogP contribution in [0, 0.1) is 10.1 Å². The first-order chi connectivity index (χ1) is 16.1. The summed E-state index contributed by atoms with van der Waals surface area (Å²) in [6, 6.07) is 22.7. The molecule has 1 N–H and O–H groups in total. The molecule has 0 spiro atoms. The first-order valence-electron chi connectivity index (χ1n) is 10.3. The molecule has 4 aromatic rings. The number of rotatable bonds is 7. The van der Waals surface area contributed by atoms with Gasteiger partial charge in [0.1, 0.15) is 5.75 Å². The SMILES string of the molecule is CCOc1cccc(-c2cc(C(=O)NN=Cc3ccccc3[N+](=O)[O-])c3ccccc3n2)c1. The van der Waals surface area contributed by atoms with Crippen LogP contribution in [0.1, 0.15) is 22.8 Å². The summed E-state index contributed by atoms with van der Waals surface area (Å²) in [4.78, 5) is 28.4. The number of benzene rings is 3. The monoisotopic (exact) mass is 440 g/mol. The van der Waals surface area contributed by atoms with Crippen LogP contribution in [0.3, 0.4) is 0 Å². The van der Waals surface area contributed by atoms with Gasteiger partial charge in [-0.05, 0) is 37.3 Å². The van der Waals surface area contributed by atoms with Crippen LogP contribution in [-0.4, -0.2) is 28.6 Å². The highest BCUT2D eigenvalue weighted by molar-refractivity contribution is 6.07. The minimum Gasteiger partial charge on any atom is -0.494 e. The molecule has 0 aliphatic carbocycles. The van der Waals surface area contributed by atoms with Crippen molar-refractivity contribution in [3.63, 3.8) is 0 Å². The third-order valence-electron chi connectivity index (χ3n) is 4.90. The van der Waals surface area contributed by atoms with Crippen LogP contribution in [0.15, 0.2) is 84.0 Å². The van der Waals surface area contributed by atoms with Gasteiger partial charge in [-0.1, -0.05) is 42.5 Å². The Morgan fingerprint density at radius 1 is 1.09 bits per heavy atom. The van der Waals surface area contributed by atoms with Crippen LogP contribution in [0.4, 0.5) is 5.69 Å². The first kappa shape index (κ1) is 21.6. The normalized spacial score (nSPS) is 10.9. The molecule has 1 heterocycles. The Hall–Kier alpha value is -4.59.